The lowest BCUT2D eigenvalue weighted by atomic mass is 10.1. The maximum absolute atomic E-state index is 12.6. The van der Waals surface area contributed by atoms with Crippen molar-refractivity contribution in [3.8, 4) is 0 Å². The highest BCUT2D eigenvalue weighted by Crippen LogP contribution is 2.30. The van der Waals surface area contributed by atoms with Crippen LogP contribution in [-0.2, 0) is 11.0 Å². The van der Waals surface area contributed by atoms with Gasteiger partial charge in [0.05, 0.1) is 11.4 Å². The Morgan fingerprint density at radius 2 is 2.05 bits per heavy atom. The first-order chi connectivity index (χ1) is 9.30. The number of aliphatic carboxylic acids is 1. The molecular weight excluding hydrogens is 295 g/mol. The smallest absolute Gasteiger partial charge is 0.416 e. The molecule has 1 aliphatic rings. The molecule has 0 aromatic heterocycles. The van der Waals surface area contributed by atoms with Crippen molar-refractivity contribution in [2.75, 3.05) is 11.6 Å². The van der Waals surface area contributed by atoms with Crippen molar-refractivity contribution in [1.29, 1.82) is 0 Å². The highest BCUT2D eigenvalue weighted by atomic mass is 32.2. The lowest BCUT2D eigenvalue weighted by Gasteiger charge is -2.20. The van der Waals surface area contributed by atoms with Crippen molar-refractivity contribution in [1.82, 2.24) is 4.90 Å². The Hall–Kier alpha value is -1.70. The van der Waals surface area contributed by atoms with Gasteiger partial charge < -0.3 is 10.0 Å². The van der Waals surface area contributed by atoms with E-state index in [2.05, 4.69) is 0 Å². The van der Waals surface area contributed by atoms with Crippen LogP contribution in [0.4, 0.5) is 13.2 Å². The molecule has 0 bridgehead atoms. The van der Waals surface area contributed by atoms with E-state index in [1.807, 2.05) is 0 Å². The van der Waals surface area contributed by atoms with E-state index >= 15 is 0 Å². The molecule has 0 spiro atoms. The van der Waals surface area contributed by atoms with Crippen LogP contribution in [0.1, 0.15) is 15.9 Å². The molecule has 1 heterocycles. The molecule has 108 valence electrons. The van der Waals surface area contributed by atoms with Crippen molar-refractivity contribution >= 4 is 23.6 Å². The molecule has 1 atom stereocenters. The van der Waals surface area contributed by atoms with E-state index in [1.54, 1.807) is 0 Å². The van der Waals surface area contributed by atoms with Gasteiger partial charge in [0.25, 0.3) is 5.91 Å². The van der Waals surface area contributed by atoms with Crippen molar-refractivity contribution in [3.05, 3.63) is 35.4 Å². The van der Waals surface area contributed by atoms with E-state index in [9.17, 15) is 22.8 Å². The molecule has 4 nitrogen and oxygen atoms in total. The van der Waals surface area contributed by atoms with Gasteiger partial charge in [-0.3, -0.25) is 4.79 Å². The molecule has 1 fully saturated rings. The lowest BCUT2D eigenvalue weighted by Crippen LogP contribution is -2.41. The maximum Gasteiger partial charge on any atom is 0.416 e. The molecule has 2 rings (SSSR count). The second-order valence-corrected chi connectivity index (χ2v) is 5.21. The molecule has 1 saturated heterocycles. The van der Waals surface area contributed by atoms with Gasteiger partial charge in [0, 0.05) is 11.3 Å². The Kier molecular flexibility index (Phi) is 3.94. The summed E-state index contributed by atoms with van der Waals surface area (Å²) in [7, 11) is 0. The number of amides is 1. The predicted molar refractivity (Wildman–Crippen MR) is 66.4 cm³/mol. The number of nitrogens with zero attached hydrogens (tertiary/aromatic N) is 1. The Labute approximate surface area is 116 Å². The van der Waals surface area contributed by atoms with Crippen LogP contribution in [0.2, 0.25) is 0 Å². The van der Waals surface area contributed by atoms with Crippen molar-refractivity contribution in [2.24, 2.45) is 0 Å². The molecule has 0 aliphatic carbocycles. The van der Waals surface area contributed by atoms with Gasteiger partial charge >= 0.3 is 12.1 Å². The Morgan fingerprint density at radius 3 is 2.65 bits per heavy atom. The van der Waals surface area contributed by atoms with Crippen LogP contribution in [0.15, 0.2) is 24.3 Å². The van der Waals surface area contributed by atoms with E-state index in [4.69, 9.17) is 5.11 Å². The first-order valence-corrected chi connectivity index (χ1v) is 6.75. The summed E-state index contributed by atoms with van der Waals surface area (Å²) in [6, 6.07) is 2.99. The molecule has 1 aromatic rings. The fourth-order valence-electron chi connectivity index (χ4n) is 1.84. The van der Waals surface area contributed by atoms with Gasteiger partial charge in [-0.25, -0.2) is 4.79 Å². The van der Waals surface area contributed by atoms with Crippen LogP contribution in [0.3, 0.4) is 0 Å². The third kappa shape index (κ3) is 2.90. The van der Waals surface area contributed by atoms with E-state index < -0.39 is 29.7 Å². The average molecular weight is 305 g/mol. The van der Waals surface area contributed by atoms with Crippen molar-refractivity contribution in [3.63, 3.8) is 0 Å². The monoisotopic (exact) mass is 305 g/mol. The number of rotatable bonds is 2. The normalized spacial score (nSPS) is 19.1. The third-order valence-corrected chi connectivity index (χ3v) is 3.88. The number of carbonyl (C=O) groups excluding carboxylic acids is 1. The zero-order chi connectivity index (χ0) is 14.9. The minimum Gasteiger partial charge on any atom is -0.480 e. The van der Waals surface area contributed by atoms with Crippen molar-refractivity contribution < 1.29 is 27.9 Å². The van der Waals surface area contributed by atoms with E-state index in [0.717, 1.165) is 23.1 Å². The molecule has 1 unspecified atom stereocenters. The van der Waals surface area contributed by atoms with E-state index in [0.29, 0.717) is 0 Å². The molecule has 1 aliphatic heterocycles. The molecule has 1 aromatic carbocycles. The Morgan fingerprint density at radius 1 is 1.35 bits per heavy atom. The zero-order valence-electron chi connectivity index (χ0n) is 10.1. The lowest BCUT2D eigenvalue weighted by molar-refractivity contribution is -0.141. The Bertz CT molecular complexity index is 547. The summed E-state index contributed by atoms with van der Waals surface area (Å²) in [5, 5.41) is 8.98. The number of carboxylic acids is 1. The average Bonchev–Trinajstić information content (AvgIpc) is 2.86. The van der Waals surface area contributed by atoms with Gasteiger partial charge in [0.1, 0.15) is 6.04 Å². The number of hydrogen-bond acceptors (Lipinski definition) is 3. The quantitative estimate of drug-likeness (QED) is 0.911. The zero-order valence-corrected chi connectivity index (χ0v) is 10.9. The van der Waals surface area contributed by atoms with Crippen molar-refractivity contribution in [2.45, 2.75) is 12.2 Å². The summed E-state index contributed by atoms with van der Waals surface area (Å²) >= 11 is 1.25. The van der Waals surface area contributed by atoms with Gasteiger partial charge in [0.2, 0.25) is 0 Å². The maximum atomic E-state index is 12.6. The SMILES string of the molecule is O=C(O)C1CSCN1C(=O)c1cccc(C(F)(F)F)c1. The molecule has 8 heteroatoms. The van der Waals surface area contributed by atoms with Gasteiger partial charge in [0.15, 0.2) is 0 Å². The highest BCUT2D eigenvalue weighted by Gasteiger charge is 2.36. The first-order valence-electron chi connectivity index (χ1n) is 5.59. The van der Waals surface area contributed by atoms with Crippen LogP contribution < -0.4 is 0 Å². The standard InChI is InChI=1S/C12H10F3NO3S/c13-12(14,15)8-3-1-2-7(4-8)10(17)16-6-20-5-9(16)11(18)19/h1-4,9H,5-6H2,(H,18,19). The van der Waals surface area contributed by atoms with Gasteiger partial charge in [-0.05, 0) is 18.2 Å². The first kappa shape index (κ1) is 14.7. The van der Waals surface area contributed by atoms with Crippen LogP contribution >= 0.6 is 11.8 Å². The predicted octanol–water partition coefficient (Wildman–Crippen LogP) is 2.31. The number of hydrogen-bond donors (Lipinski definition) is 1. The van der Waals surface area contributed by atoms with Crippen LogP contribution in [0, 0.1) is 0 Å². The van der Waals surface area contributed by atoms with Gasteiger partial charge in [-0.2, -0.15) is 13.2 Å². The summed E-state index contributed by atoms with van der Waals surface area (Å²) in [5.41, 5.74) is -1.09. The summed E-state index contributed by atoms with van der Waals surface area (Å²) < 4.78 is 37.8. The summed E-state index contributed by atoms with van der Waals surface area (Å²) in [6.07, 6.45) is -4.54. The fraction of sp³-hybridized carbons (Fsp3) is 0.333. The third-order valence-electron chi connectivity index (χ3n) is 2.87. The molecule has 20 heavy (non-hydrogen) atoms. The van der Waals surface area contributed by atoms with Gasteiger partial charge in [-0.1, -0.05) is 6.07 Å². The van der Waals surface area contributed by atoms with Crippen LogP contribution in [-0.4, -0.2) is 39.6 Å². The summed E-state index contributed by atoms with van der Waals surface area (Å²) in [5.74, 6) is -1.46. The molecule has 1 amide bonds. The van der Waals surface area contributed by atoms with Crippen LogP contribution in [0.25, 0.3) is 0 Å². The second kappa shape index (κ2) is 5.35. The number of carbonyl (C=O) groups is 2. The summed E-state index contributed by atoms with van der Waals surface area (Å²) in [6.45, 7) is 0. The van der Waals surface area contributed by atoms with Crippen LogP contribution in [0.5, 0.6) is 0 Å². The topological polar surface area (TPSA) is 57.6 Å². The number of halogens is 3. The second-order valence-electron chi connectivity index (χ2n) is 4.21. The highest BCUT2D eigenvalue weighted by molar-refractivity contribution is 7.99. The Balaban J connectivity index is 2.28. The number of alkyl halides is 3. The molecule has 1 N–H and O–H groups in total. The number of carboxylic acid groups (broad SMARTS) is 1. The summed E-state index contributed by atoms with van der Waals surface area (Å²) in [4.78, 5) is 24.2. The number of thioether (sulfide) groups is 1. The minimum absolute atomic E-state index is 0.159. The van der Waals surface area contributed by atoms with E-state index in [1.165, 1.54) is 17.8 Å². The minimum atomic E-state index is -4.54. The molecule has 0 radical (unpaired) electrons. The number of benzene rings is 1. The molecule has 0 saturated carbocycles. The molecular formula is C12H10F3NO3S. The largest absolute Gasteiger partial charge is 0.480 e. The van der Waals surface area contributed by atoms with E-state index in [-0.39, 0.29) is 17.2 Å². The fourth-order valence-corrected chi connectivity index (χ4v) is 2.99. The van der Waals surface area contributed by atoms with Gasteiger partial charge in [-0.15, -0.1) is 11.8 Å².